The molecule has 1 heterocycles. The number of nitrogens with one attached hydrogen (secondary N) is 1. The molecule has 0 aromatic heterocycles. The van der Waals surface area contributed by atoms with Crippen LogP contribution in [0.1, 0.15) is 26.7 Å². The smallest absolute Gasteiger partial charge is 0.193 e. The Morgan fingerprint density at radius 2 is 1.88 bits per heavy atom. The molecular weight excluding hydrogens is 465 g/mol. The van der Waals surface area contributed by atoms with E-state index in [9.17, 15) is 8.42 Å². The lowest BCUT2D eigenvalue weighted by Crippen LogP contribution is -2.47. The molecule has 148 valence electrons. The van der Waals surface area contributed by atoms with Crippen LogP contribution in [0.3, 0.4) is 0 Å². The first-order valence-corrected chi connectivity index (χ1v) is 10.6. The van der Waals surface area contributed by atoms with Crippen LogP contribution in [0.5, 0.6) is 0 Å². The monoisotopic (exact) mass is 495 g/mol. The number of hydrogen-bond acceptors (Lipinski definition) is 4. The van der Waals surface area contributed by atoms with Gasteiger partial charge in [0.1, 0.15) is 0 Å². The Kier molecular flexibility index (Phi) is 10.5. The number of ether oxygens (including phenoxy) is 1. The second-order valence-electron chi connectivity index (χ2n) is 6.01. The van der Waals surface area contributed by atoms with Gasteiger partial charge in [-0.25, -0.2) is 8.42 Å². The van der Waals surface area contributed by atoms with Crippen molar-refractivity contribution in [1.82, 2.24) is 10.2 Å². The Balaban J connectivity index is 0.00000338. The molecule has 26 heavy (non-hydrogen) atoms. The summed E-state index contributed by atoms with van der Waals surface area (Å²) < 4.78 is 30.4. The number of likely N-dealkylation sites (tertiary alicyclic amines) is 1. The van der Waals surface area contributed by atoms with E-state index in [-0.39, 0.29) is 36.3 Å². The van der Waals surface area contributed by atoms with E-state index in [0.717, 1.165) is 45.0 Å². The van der Waals surface area contributed by atoms with Gasteiger partial charge in [0.15, 0.2) is 15.8 Å². The highest BCUT2D eigenvalue weighted by Crippen LogP contribution is 2.14. The van der Waals surface area contributed by atoms with Crippen LogP contribution in [0.2, 0.25) is 0 Å². The number of rotatable bonds is 7. The summed E-state index contributed by atoms with van der Waals surface area (Å²) in [4.78, 5) is 7.07. The summed E-state index contributed by atoms with van der Waals surface area (Å²) in [6.07, 6.45) is 2.27. The summed E-state index contributed by atoms with van der Waals surface area (Å²) in [5, 5.41) is 3.27. The average molecular weight is 495 g/mol. The molecule has 0 saturated carbocycles. The molecule has 1 saturated heterocycles. The Morgan fingerprint density at radius 1 is 1.23 bits per heavy atom. The fraction of sp³-hybridized carbons (Fsp3) is 0.611. The van der Waals surface area contributed by atoms with Crippen LogP contribution in [0.25, 0.3) is 0 Å². The summed E-state index contributed by atoms with van der Waals surface area (Å²) in [6, 6.07) is 8.54. The molecule has 0 unspecified atom stereocenters. The van der Waals surface area contributed by atoms with Gasteiger partial charge < -0.3 is 15.0 Å². The van der Waals surface area contributed by atoms with Crippen molar-refractivity contribution in [1.29, 1.82) is 0 Å². The van der Waals surface area contributed by atoms with Gasteiger partial charge in [-0.3, -0.25) is 4.99 Å². The number of sulfone groups is 1. The zero-order valence-electron chi connectivity index (χ0n) is 15.6. The molecule has 0 bridgehead atoms. The van der Waals surface area contributed by atoms with Gasteiger partial charge in [0, 0.05) is 26.2 Å². The Hall–Kier alpha value is -0.870. The van der Waals surface area contributed by atoms with Crippen LogP contribution in [0.15, 0.2) is 40.2 Å². The van der Waals surface area contributed by atoms with E-state index in [1.807, 2.05) is 19.9 Å². The average Bonchev–Trinajstić information content (AvgIpc) is 2.63. The first-order chi connectivity index (χ1) is 12.1. The van der Waals surface area contributed by atoms with E-state index >= 15 is 0 Å². The zero-order valence-corrected chi connectivity index (χ0v) is 18.7. The molecule has 1 aliphatic heterocycles. The molecule has 0 aliphatic carbocycles. The van der Waals surface area contributed by atoms with Gasteiger partial charge in [-0.15, -0.1) is 24.0 Å². The molecule has 0 radical (unpaired) electrons. The van der Waals surface area contributed by atoms with Gasteiger partial charge in [0.05, 0.1) is 23.3 Å². The van der Waals surface area contributed by atoms with Crippen molar-refractivity contribution in [3.8, 4) is 0 Å². The molecule has 0 atom stereocenters. The largest absolute Gasteiger partial charge is 0.378 e. The lowest BCUT2D eigenvalue weighted by Gasteiger charge is -2.34. The second-order valence-corrected chi connectivity index (χ2v) is 8.12. The topological polar surface area (TPSA) is 71.0 Å². The van der Waals surface area contributed by atoms with Gasteiger partial charge >= 0.3 is 0 Å². The maximum absolute atomic E-state index is 12.3. The van der Waals surface area contributed by atoms with Crippen LogP contribution >= 0.6 is 24.0 Å². The number of aliphatic imine (C=N–C) groups is 1. The molecular formula is C18H30IN3O3S. The maximum Gasteiger partial charge on any atom is 0.193 e. The van der Waals surface area contributed by atoms with Crippen molar-refractivity contribution >= 4 is 39.8 Å². The number of guanidine groups is 1. The van der Waals surface area contributed by atoms with Crippen molar-refractivity contribution in [3.05, 3.63) is 30.3 Å². The van der Waals surface area contributed by atoms with Crippen molar-refractivity contribution < 1.29 is 13.2 Å². The fourth-order valence-corrected chi connectivity index (χ4v) is 4.05. The highest BCUT2D eigenvalue weighted by molar-refractivity contribution is 14.0. The van der Waals surface area contributed by atoms with Crippen molar-refractivity contribution in [2.45, 2.75) is 37.7 Å². The second kappa shape index (κ2) is 11.8. The summed E-state index contributed by atoms with van der Waals surface area (Å²) in [6.45, 7) is 7.55. The van der Waals surface area contributed by atoms with E-state index in [4.69, 9.17) is 4.74 Å². The molecule has 1 N–H and O–H groups in total. The summed E-state index contributed by atoms with van der Waals surface area (Å²) in [5.41, 5.74) is 0. The van der Waals surface area contributed by atoms with Gasteiger partial charge in [0.25, 0.3) is 0 Å². The molecule has 1 aromatic carbocycles. The first-order valence-electron chi connectivity index (χ1n) is 8.99. The van der Waals surface area contributed by atoms with E-state index in [0.29, 0.717) is 11.0 Å². The van der Waals surface area contributed by atoms with Gasteiger partial charge in [-0.2, -0.15) is 0 Å². The van der Waals surface area contributed by atoms with E-state index in [1.165, 1.54) is 0 Å². The summed E-state index contributed by atoms with van der Waals surface area (Å²) in [5.74, 6) is 0.808. The van der Waals surface area contributed by atoms with Crippen LogP contribution < -0.4 is 5.32 Å². The standard InChI is InChI=1S/C18H29N3O3S.HI/c1-3-19-18(21-13-10-16(11-14-21)24-4-2)20-12-15-25(22,23)17-8-6-5-7-9-17;/h5-9,16H,3-4,10-15H2,1-2H3,(H,19,20);1H. The molecule has 1 aromatic rings. The molecule has 2 rings (SSSR count). The van der Waals surface area contributed by atoms with Crippen molar-refractivity contribution in [2.75, 3.05) is 38.5 Å². The zero-order chi connectivity index (χ0) is 18.1. The van der Waals surface area contributed by atoms with Crippen LogP contribution in [-0.4, -0.2) is 63.9 Å². The minimum Gasteiger partial charge on any atom is -0.378 e. The Bertz CT molecular complexity index is 645. The first kappa shape index (κ1) is 23.2. The number of halogens is 1. The molecule has 6 nitrogen and oxygen atoms in total. The van der Waals surface area contributed by atoms with Gasteiger partial charge in [-0.1, -0.05) is 18.2 Å². The van der Waals surface area contributed by atoms with Crippen LogP contribution in [0, 0.1) is 0 Å². The quantitative estimate of drug-likeness (QED) is 0.358. The molecule has 1 aliphatic rings. The minimum absolute atomic E-state index is 0. The third-order valence-electron chi connectivity index (χ3n) is 4.20. The number of hydrogen-bond donors (Lipinski definition) is 1. The van der Waals surface area contributed by atoms with Crippen molar-refractivity contribution in [3.63, 3.8) is 0 Å². The number of benzene rings is 1. The number of nitrogens with zero attached hydrogens (tertiary/aromatic N) is 2. The third kappa shape index (κ3) is 7.03. The highest BCUT2D eigenvalue weighted by Gasteiger charge is 2.21. The molecule has 8 heteroatoms. The lowest BCUT2D eigenvalue weighted by atomic mass is 10.1. The lowest BCUT2D eigenvalue weighted by molar-refractivity contribution is 0.0264. The third-order valence-corrected chi connectivity index (χ3v) is 5.91. The normalized spacial score (nSPS) is 16.2. The SMILES string of the molecule is CCNC(=NCCS(=O)(=O)c1ccccc1)N1CCC(OCC)CC1.I. The summed E-state index contributed by atoms with van der Waals surface area (Å²) >= 11 is 0. The van der Waals surface area contributed by atoms with Gasteiger partial charge in [-0.05, 0) is 38.8 Å². The van der Waals surface area contributed by atoms with E-state index in [1.54, 1.807) is 24.3 Å². The molecule has 0 spiro atoms. The van der Waals surface area contributed by atoms with E-state index in [2.05, 4.69) is 15.2 Å². The van der Waals surface area contributed by atoms with Gasteiger partial charge in [0.2, 0.25) is 0 Å². The maximum atomic E-state index is 12.3. The minimum atomic E-state index is -3.29. The van der Waals surface area contributed by atoms with Crippen LogP contribution in [-0.2, 0) is 14.6 Å². The summed E-state index contributed by atoms with van der Waals surface area (Å²) in [7, 11) is -3.29. The molecule has 1 fully saturated rings. The molecule has 0 amide bonds. The fourth-order valence-electron chi connectivity index (χ4n) is 2.91. The Labute approximate surface area is 174 Å². The predicted octanol–water partition coefficient (Wildman–Crippen LogP) is 2.54. The predicted molar refractivity (Wildman–Crippen MR) is 116 cm³/mol. The van der Waals surface area contributed by atoms with Crippen LogP contribution in [0.4, 0.5) is 0 Å². The van der Waals surface area contributed by atoms with Crippen molar-refractivity contribution in [2.24, 2.45) is 4.99 Å². The Morgan fingerprint density at radius 3 is 2.46 bits per heavy atom. The highest BCUT2D eigenvalue weighted by atomic mass is 127. The number of piperidine rings is 1. The van der Waals surface area contributed by atoms with E-state index < -0.39 is 9.84 Å².